The molecular weight excluding hydrogens is 385 g/mol. The highest BCUT2D eigenvalue weighted by Gasteiger charge is 2.41. The van der Waals surface area contributed by atoms with Gasteiger partial charge in [0.2, 0.25) is 5.43 Å². The molecule has 8 heteroatoms. The zero-order chi connectivity index (χ0) is 20.4. The van der Waals surface area contributed by atoms with Crippen LogP contribution in [0, 0.1) is 11.6 Å². The highest BCUT2D eigenvalue weighted by Crippen LogP contribution is 2.42. The third-order valence-electron chi connectivity index (χ3n) is 5.60. The van der Waals surface area contributed by atoms with Gasteiger partial charge in [0.05, 0.1) is 22.5 Å². The quantitative estimate of drug-likeness (QED) is 0.706. The van der Waals surface area contributed by atoms with E-state index < -0.39 is 46.2 Å². The normalized spacial score (nSPS) is 20.1. The number of aromatic nitrogens is 1. The zero-order valence-corrected chi connectivity index (χ0v) is 15.0. The molecule has 5 rings (SSSR count). The monoisotopic (exact) mass is 400 g/mol. The number of aromatic carboxylic acids is 1. The predicted octanol–water partition coefficient (Wildman–Crippen LogP) is 3.53. The summed E-state index contributed by atoms with van der Waals surface area (Å²) in [6.45, 7) is 1.26. The second kappa shape index (κ2) is 6.18. The number of carbonyl (C=O) groups is 1. The van der Waals surface area contributed by atoms with Crippen molar-refractivity contribution in [3.05, 3.63) is 69.0 Å². The van der Waals surface area contributed by atoms with Crippen molar-refractivity contribution >= 4 is 16.9 Å². The summed E-state index contributed by atoms with van der Waals surface area (Å²) in [5.41, 5.74) is 0.0228. The minimum absolute atomic E-state index is 0.0771. The number of nitrogens with zero attached hydrogens (tertiary/aromatic N) is 1. The number of halogens is 3. The Bertz CT molecular complexity index is 1270. The van der Waals surface area contributed by atoms with Crippen molar-refractivity contribution in [2.45, 2.75) is 31.7 Å². The molecule has 148 valence electrons. The number of nitrogens with one attached hydrogen (secondary N) is 1. The number of rotatable bonds is 3. The average Bonchev–Trinajstić information content (AvgIpc) is 3.21. The van der Waals surface area contributed by atoms with Crippen LogP contribution in [0.5, 0.6) is 0 Å². The first-order valence-electron chi connectivity index (χ1n) is 9.14. The number of pyridine rings is 1. The summed E-state index contributed by atoms with van der Waals surface area (Å²) in [7, 11) is 0. The molecular formula is C21H15F3N2O3. The summed E-state index contributed by atoms with van der Waals surface area (Å²) in [6, 6.07) is 5.13. The van der Waals surface area contributed by atoms with Crippen molar-refractivity contribution < 1.29 is 23.1 Å². The molecule has 1 fully saturated rings. The number of fused-ring (bicyclic) bond motifs is 2. The van der Waals surface area contributed by atoms with Crippen molar-refractivity contribution in [2.24, 2.45) is 0 Å². The topological polar surface area (TPSA) is 71.3 Å². The van der Waals surface area contributed by atoms with Crippen LogP contribution in [0.1, 0.15) is 33.9 Å². The summed E-state index contributed by atoms with van der Waals surface area (Å²) in [5, 5.41) is 12.0. The predicted molar refractivity (Wildman–Crippen MR) is 99.6 cm³/mol. The molecule has 2 aliphatic rings. The molecule has 2 N–H and O–H groups in total. The summed E-state index contributed by atoms with van der Waals surface area (Å²) < 4.78 is 45.4. The second-order valence-electron chi connectivity index (χ2n) is 7.43. The molecule has 1 aromatic heterocycles. The molecule has 1 aliphatic carbocycles. The minimum atomic E-state index is -1.53. The number of alkyl halides is 1. The molecule has 0 spiro atoms. The van der Waals surface area contributed by atoms with Gasteiger partial charge < -0.3 is 15.0 Å². The van der Waals surface area contributed by atoms with Crippen molar-refractivity contribution in [1.82, 2.24) is 9.88 Å². The van der Waals surface area contributed by atoms with Gasteiger partial charge in [0, 0.05) is 25.7 Å². The lowest BCUT2D eigenvalue weighted by molar-refractivity contribution is 0.0694. The first kappa shape index (κ1) is 17.9. The molecule has 2 aromatic carbocycles. The Morgan fingerprint density at radius 3 is 2.59 bits per heavy atom. The molecule has 2 atom stereocenters. The Hall–Kier alpha value is -3.13. The van der Waals surface area contributed by atoms with Crippen LogP contribution in [0.4, 0.5) is 13.2 Å². The fourth-order valence-electron chi connectivity index (χ4n) is 4.01. The first-order valence-corrected chi connectivity index (χ1v) is 9.14. The molecule has 1 saturated carbocycles. The number of carboxylic acid groups (broad SMARTS) is 1. The number of hydrogen-bond acceptors (Lipinski definition) is 3. The lowest BCUT2D eigenvalue weighted by Crippen LogP contribution is -2.20. The van der Waals surface area contributed by atoms with E-state index in [4.69, 9.17) is 0 Å². The van der Waals surface area contributed by atoms with Crippen LogP contribution < -0.4 is 10.7 Å². The Morgan fingerprint density at radius 2 is 1.90 bits per heavy atom. The Morgan fingerprint density at radius 1 is 1.17 bits per heavy atom. The standard InChI is InChI=1S/C21H15F3N2O3/c22-14-5-16(14)26-8-13(21(28)29)20(27)12-4-15(23)17(18(24)19(12)26)9-1-2-10-6-25-7-11(10)3-9/h1-4,8,14,16,25H,5-7H2,(H,28,29). The molecule has 0 radical (unpaired) electrons. The third kappa shape index (κ3) is 2.66. The summed E-state index contributed by atoms with van der Waals surface area (Å²) in [6.07, 6.45) is -0.246. The first-order chi connectivity index (χ1) is 13.9. The molecule has 1 aliphatic heterocycles. The lowest BCUT2D eigenvalue weighted by atomic mass is 9.97. The van der Waals surface area contributed by atoms with Gasteiger partial charge in [-0.3, -0.25) is 4.79 Å². The highest BCUT2D eigenvalue weighted by atomic mass is 19.1. The van der Waals surface area contributed by atoms with Crippen molar-refractivity contribution in [1.29, 1.82) is 0 Å². The van der Waals surface area contributed by atoms with Crippen LogP contribution in [0.25, 0.3) is 22.0 Å². The van der Waals surface area contributed by atoms with Crippen molar-refractivity contribution in [2.75, 3.05) is 0 Å². The molecule has 0 bridgehead atoms. The number of hydrogen-bond donors (Lipinski definition) is 2. The van der Waals surface area contributed by atoms with E-state index in [0.29, 0.717) is 18.7 Å². The van der Waals surface area contributed by atoms with Gasteiger partial charge in [-0.25, -0.2) is 18.0 Å². The second-order valence-corrected chi connectivity index (χ2v) is 7.43. The van der Waals surface area contributed by atoms with E-state index in [1.54, 1.807) is 18.2 Å². The van der Waals surface area contributed by atoms with E-state index in [0.717, 1.165) is 28.0 Å². The molecule has 0 amide bonds. The molecule has 29 heavy (non-hydrogen) atoms. The van der Waals surface area contributed by atoms with E-state index >= 15 is 4.39 Å². The van der Waals surface area contributed by atoms with Gasteiger partial charge >= 0.3 is 5.97 Å². The smallest absolute Gasteiger partial charge is 0.341 e. The van der Waals surface area contributed by atoms with Crippen LogP contribution in [0.2, 0.25) is 0 Å². The van der Waals surface area contributed by atoms with E-state index in [9.17, 15) is 23.5 Å². The van der Waals surface area contributed by atoms with E-state index in [1.807, 2.05) is 0 Å². The Labute approximate surface area is 162 Å². The highest BCUT2D eigenvalue weighted by molar-refractivity contribution is 5.94. The minimum Gasteiger partial charge on any atom is -0.477 e. The maximum Gasteiger partial charge on any atom is 0.341 e. The Balaban J connectivity index is 1.83. The third-order valence-corrected chi connectivity index (χ3v) is 5.60. The summed E-state index contributed by atoms with van der Waals surface area (Å²) >= 11 is 0. The fourth-order valence-corrected chi connectivity index (χ4v) is 4.01. The summed E-state index contributed by atoms with van der Waals surface area (Å²) in [5.74, 6) is -3.50. The zero-order valence-electron chi connectivity index (χ0n) is 15.0. The van der Waals surface area contributed by atoms with Gasteiger partial charge in [0.15, 0.2) is 5.82 Å². The van der Waals surface area contributed by atoms with Gasteiger partial charge in [-0.05, 0) is 28.8 Å². The molecule has 3 aromatic rings. The van der Waals surface area contributed by atoms with E-state index in [-0.39, 0.29) is 17.5 Å². The lowest BCUT2D eigenvalue weighted by Gasteiger charge is -2.15. The average molecular weight is 400 g/mol. The van der Waals surface area contributed by atoms with Crippen LogP contribution in [0.15, 0.2) is 35.3 Å². The molecule has 0 saturated heterocycles. The van der Waals surface area contributed by atoms with Crippen LogP contribution in [-0.4, -0.2) is 21.8 Å². The van der Waals surface area contributed by atoms with Crippen LogP contribution in [0.3, 0.4) is 0 Å². The Kier molecular flexibility index (Phi) is 3.82. The van der Waals surface area contributed by atoms with Gasteiger partial charge in [-0.1, -0.05) is 12.1 Å². The number of carboxylic acids is 1. The molecule has 5 nitrogen and oxygen atoms in total. The largest absolute Gasteiger partial charge is 0.477 e. The van der Waals surface area contributed by atoms with E-state index in [1.165, 1.54) is 0 Å². The maximum atomic E-state index is 15.6. The van der Waals surface area contributed by atoms with E-state index in [2.05, 4.69) is 5.32 Å². The fraction of sp³-hybridized carbons (Fsp3) is 0.238. The van der Waals surface area contributed by atoms with Crippen molar-refractivity contribution in [3.8, 4) is 11.1 Å². The number of benzene rings is 2. The van der Waals surface area contributed by atoms with Gasteiger partial charge in [0.1, 0.15) is 17.6 Å². The van der Waals surface area contributed by atoms with Crippen molar-refractivity contribution in [3.63, 3.8) is 0 Å². The van der Waals surface area contributed by atoms with Gasteiger partial charge in [-0.15, -0.1) is 0 Å². The summed E-state index contributed by atoms with van der Waals surface area (Å²) in [4.78, 5) is 23.9. The van der Waals surface area contributed by atoms with Gasteiger partial charge in [-0.2, -0.15) is 0 Å². The molecule has 2 heterocycles. The van der Waals surface area contributed by atoms with Crippen LogP contribution >= 0.6 is 0 Å². The SMILES string of the molecule is O=C(O)c1cn(C2CC2F)c2c(F)c(-c3ccc4c(c3)CNC4)c(F)cc2c1=O. The molecule has 2 unspecified atom stereocenters. The van der Waals surface area contributed by atoms with Crippen LogP contribution in [-0.2, 0) is 13.1 Å². The van der Waals surface area contributed by atoms with Gasteiger partial charge in [0.25, 0.3) is 0 Å². The maximum absolute atomic E-state index is 15.6.